The Kier molecular flexibility index (Phi) is 4.05. The first kappa shape index (κ1) is 14.1. The number of amides is 1. The minimum absolute atomic E-state index is 0.0719. The molecule has 1 amide bonds. The number of aromatic hydroxyl groups is 1. The third-order valence-corrected chi connectivity index (χ3v) is 3.04. The van der Waals surface area contributed by atoms with Crippen LogP contribution in [0, 0.1) is 13.8 Å². The molecule has 0 saturated heterocycles. The summed E-state index contributed by atoms with van der Waals surface area (Å²) in [6.45, 7) is 3.82. The van der Waals surface area contributed by atoms with Crippen molar-refractivity contribution in [2.45, 2.75) is 13.8 Å². The fourth-order valence-corrected chi connectivity index (χ4v) is 1.83. The van der Waals surface area contributed by atoms with Gasteiger partial charge in [-0.25, -0.2) is 0 Å². The number of furan rings is 1. The van der Waals surface area contributed by atoms with Crippen LogP contribution < -0.4 is 10.6 Å². The van der Waals surface area contributed by atoms with Gasteiger partial charge >= 0.3 is 0 Å². The molecule has 1 aromatic heterocycles. The molecule has 0 aliphatic heterocycles. The molecule has 0 bridgehead atoms. The van der Waals surface area contributed by atoms with E-state index in [0.717, 1.165) is 11.1 Å². The Hall–Kier alpha value is -2.34. The summed E-state index contributed by atoms with van der Waals surface area (Å²) in [6, 6.07) is 6.54. The van der Waals surface area contributed by atoms with Gasteiger partial charge in [-0.1, -0.05) is 0 Å². The molecule has 3 N–H and O–H groups in total. The standard InChI is InChI=1S/C14H14N2O3S/c1-8-6-10(11(17)7-9(8)2)15-14(20)16-13(18)12-4-3-5-19-12/h3-7,17H,1-2H3,(H2,15,16,18,20). The monoisotopic (exact) mass is 290 g/mol. The Morgan fingerprint density at radius 2 is 2.00 bits per heavy atom. The normalized spacial score (nSPS) is 10.1. The zero-order valence-electron chi connectivity index (χ0n) is 11.1. The molecule has 0 unspecified atom stereocenters. The highest BCUT2D eigenvalue weighted by Gasteiger charge is 2.12. The number of hydrogen-bond donors (Lipinski definition) is 3. The van der Waals surface area contributed by atoms with Crippen LogP contribution in [0.2, 0.25) is 0 Å². The topological polar surface area (TPSA) is 74.5 Å². The second-order valence-electron chi connectivity index (χ2n) is 4.34. The van der Waals surface area contributed by atoms with Crippen molar-refractivity contribution in [3.8, 4) is 5.75 Å². The molecule has 104 valence electrons. The molecule has 1 aromatic carbocycles. The van der Waals surface area contributed by atoms with E-state index in [-0.39, 0.29) is 16.6 Å². The second-order valence-corrected chi connectivity index (χ2v) is 4.75. The summed E-state index contributed by atoms with van der Waals surface area (Å²) < 4.78 is 4.96. The summed E-state index contributed by atoms with van der Waals surface area (Å²) in [4.78, 5) is 11.7. The van der Waals surface area contributed by atoms with E-state index in [1.54, 1.807) is 18.2 Å². The molecular weight excluding hydrogens is 276 g/mol. The Labute approximate surface area is 121 Å². The lowest BCUT2D eigenvalue weighted by atomic mass is 10.1. The van der Waals surface area contributed by atoms with Gasteiger partial charge in [-0.2, -0.15) is 0 Å². The number of phenolic OH excluding ortho intramolecular Hbond substituents is 1. The lowest BCUT2D eigenvalue weighted by Gasteiger charge is -2.12. The van der Waals surface area contributed by atoms with E-state index in [0.29, 0.717) is 5.69 Å². The smallest absolute Gasteiger partial charge is 0.293 e. The van der Waals surface area contributed by atoms with Gasteiger partial charge in [0.15, 0.2) is 10.9 Å². The highest BCUT2D eigenvalue weighted by molar-refractivity contribution is 7.80. The fourth-order valence-electron chi connectivity index (χ4n) is 1.63. The summed E-state index contributed by atoms with van der Waals surface area (Å²) >= 11 is 5.03. The minimum Gasteiger partial charge on any atom is -0.506 e. The first-order valence-electron chi connectivity index (χ1n) is 5.93. The van der Waals surface area contributed by atoms with Crippen LogP contribution in [0.4, 0.5) is 5.69 Å². The zero-order chi connectivity index (χ0) is 14.7. The Morgan fingerprint density at radius 1 is 1.30 bits per heavy atom. The van der Waals surface area contributed by atoms with E-state index in [2.05, 4.69) is 10.6 Å². The number of thiocarbonyl (C=S) groups is 1. The maximum absolute atomic E-state index is 11.7. The van der Waals surface area contributed by atoms with Gasteiger partial charge in [-0.05, 0) is 61.5 Å². The van der Waals surface area contributed by atoms with Crippen LogP contribution in [0.15, 0.2) is 34.9 Å². The quantitative estimate of drug-likeness (QED) is 0.586. The Morgan fingerprint density at radius 3 is 2.65 bits per heavy atom. The summed E-state index contributed by atoms with van der Waals surface area (Å²) in [6.07, 6.45) is 1.40. The third-order valence-electron chi connectivity index (χ3n) is 2.83. The van der Waals surface area contributed by atoms with Gasteiger partial charge in [-0.15, -0.1) is 0 Å². The largest absolute Gasteiger partial charge is 0.506 e. The third kappa shape index (κ3) is 3.16. The van der Waals surface area contributed by atoms with E-state index < -0.39 is 5.91 Å². The number of aryl methyl sites for hydroxylation is 2. The molecule has 0 spiro atoms. The Bertz CT molecular complexity index is 651. The highest BCUT2D eigenvalue weighted by Crippen LogP contribution is 2.26. The maximum Gasteiger partial charge on any atom is 0.293 e. The zero-order valence-corrected chi connectivity index (χ0v) is 11.9. The van der Waals surface area contributed by atoms with Gasteiger partial charge in [0, 0.05) is 0 Å². The van der Waals surface area contributed by atoms with Gasteiger partial charge < -0.3 is 14.8 Å². The van der Waals surface area contributed by atoms with Crippen molar-refractivity contribution in [1.29, 1.82) is 0 Å². The summed E-state index contributed by atoms with van der Waals surface area (Å²) in [5.74, 6) is -0.211. The summed E-state index contributed by atoms with van der Waals surface area (Å²) in [5, 5.41) is 15.2. The van der Waals surface area contributed by atoms with Gasteiger partial charge in [-0.3, -0.25) is 10.1 Å². The van der Waals surface area contributed by atoms with Crippen LogP contribution >= 0.6 is 12.2 Å². The van der Waals surface area contributed by atoms with Crippen LogP contribution in [0.5, 0.6) is 5.75 Å². The van der Waals surface area contributed by atoms with Crippen LogP contribution in [-0.2, 0) is 0 Å². The van der Waals surface area contributed by atoms with Crippen molar-refractivity contribution in [3.05, 3.63) is 47.4 Å². The number of benzene rings is 1. The van der Waals surface area contributed by atoms with Gasteiger partial charge in [0.2, 0.25) is 0 Å². The van der Waals surface area contributed by atoms with Crippen LogP contribution in [-0.4, -0.2) is 16.1 Å². The average molecular weight is 290 g/mol. The number of phenols is 1. The van der Waals surface area contributed by atoms with Gasteiger partial charge in [0.05, 0.1) is 12.0 Å². The minimum atomic E-state index is -0.448. The lowest BCUT2D eigenvalue weighted by molar-refractivity contribution is 0.0950. The van der Waals surface area contributed by atoms with E-state index in [1.807, 2.05) is 13.8 Å². The molecule has 0 aliphatic carbocycles. The van der Waals surface area contributed by atoms with Crippen molar-refractivity contribution in [2.75, 3.05) is 5.32 Å². The van der Waals surface area contributed by atoms with Crippen molar-refractivity contribution < 1.29 is 14.3 Å². The summed E-state index contributed by atoms with van der Waals surface area (Å²) in [7, 11) is 0. The number of rotatable bonds is 2. The Balaban J connectivity index is 2.05. The molecule has 0 radical (unpaired) electrons. The molecule has 2 rings (SSSR count). The SMILES string of the molecule is Cc1cc(O)c(NC(=S)NC(=O)c2ccco2)cc1C. The van der Waals surface area contributed by atoms with Crippen molar-refractivity contribution in [3.63, 3.8) is 0 Å². The number of anilines is 1. The van der Waals surface area contributed by atoms with Crippen molar-refractivity contribution in [2.24, 2.45) is 0 Å². The molecule has 20 heavy (non-hydrogen) atoms. The van der Waals surface area contributed by atoms with Crippen LogP contribution in [0.3, 0.4) is 0 Å². The first-order valence-corrected chi connectivity index (χ1v) is 6.34. The van der Waals surface area contributed by atoms with E-state index in [9.17, 15) is 9.90 Å². The van der Waals surface area contributed by atoms with Crippen LogP contribution in [0.1, 0.15) is 21.7 Å². The lowest BCUT2D eigenvalue weighted by Crippen LogP contribution is -2.33. The first-order chi connectivity index (χ1) is 9.47. The van der Waals surface area contributed by atoms with E-state index in [4.69, 9.17) is 16.6 Å². The molecule has 5 nitrogen and oxygen atoms in total. The predicted molar refractivity (Wildman–Crippen MR) is 80.0 cm³/mol. The van der Waals surface area contributed by atoms with Gasteiger partial charge in [0.1, 0.15) is 5.75 Å². The second kappa shape index (κ2) is 5.75. The molecular formula is C14H14N2O3S. The van der Waals surface area contributed by atoms with E-state index in [1.165, 1.54) is 12.3 Å². The molecule has 0 fully saturated rings. The van der Waals surface area contributed by atoms with Crippen LogP contribution in [0.25, 0.3) is 0 Å². The van der Waals surface area contributed by atoms with Crippen molar-refractivity contribution in [1.82, 2.24) is 5.32 Å². The molecule has 1 heterocycles. The highest BCUT2D eigenvalue weighted by atomic mass is 32.1. The predicted octanol–water partition coefficient (Wildman–Crippen LogP) is 2.73. The number of nitrogens with one attached hydrogen (secondary N) is 2. The number of carbonyl (C=O) groups excluding carboxylic acids is 1. The average Bonchev–Trinajstić information content (AvgIpc) is 2.89. The molecule has 2 aromatic rings. The van der Waals surface area contributed by atoms with Gasteiger partial charge in [0.25, 0.3) is 5.91 Å². The molecule has 0 atom stereocenters. The van der Waals surface area contributed by atoms with E-state index >= 15 is 0 Å². The maximum atomic E-state index is 11.7. The molecule has 6 heteroatoms. The summed E-state index contributed by atoms with van der Waals surface area (Å²) in [5.41, 5.74) is 2.42. The molecule has 0 aliphatic rings. The van der Waals surface area contributed by atoms with Crippen molar-refractivity contribution >= 4 is 28.9 Å². The fraction of sp³-hybridized carbons (Fsp3) is 0.143. The molecule has 0 saturated carbocycles. The number of hydrogen-bond acceptors (Lipinski definition) is 4. The number of carbonyl (C=O) groups is 1.